The van der Waals surface area contributed by atoms with Crippen LogP contribution in [0.4, 0.5) is 5.69 Å². The lowest BCUT2D eigenvalue weighted by molar-refractivity contribution is 0.332. The molecule has 1 heterocycles. The zero-order valence-corrected chi connectivity index (χ0v) is 10.9. The molecule has 0 bridgehead atoms. The van der Waals surface area contributed by atoms with Crippen molar-refractivity contribution in [3.8, 4) is 0 Å². The number of hydrogen-bond donors (Lipinski definition) is 1. The fourth-order valence-corrected chi connectivity index (χ4v) is 2.51. The van der Waals surface area contributed by atoms with E-state index in [0.29, 0.717) is 0 Å². The van der Waals surface area contributed by atoms with E-state index in [2.05, 4.69) is 34.8 Å². The van der Waals surface area contributed by atoms with Gasteiger partial charge in [-0.2, -0.15) is 11.3 Å². The number of benzene rings is 1. The number of anilines is 1. The van der Waals surface area contributed by atoms with Crippen LogP contribution in [0, 0.1) is 0 Å². The number of nitrogen functional groups attached to an aromatic ring is 1. The van der Waals surface area contributed by atoms with Crippen LogP contribution in [0.1, 0.15) is 11.1 Å². The first kappa shape index (κ1) is 12.1. The van der Waals surface area contributed by atoms with Gasteiger partial charge in [-0.05, 0) is 47.5 Å². The van der Waals surface area contributed by atoms with Crippen molar-refractivity contribution in [2.75, 3.05) is 19.3 Å². The van der Waals surface area contributed by atoms with E-state index in [9.17, 15) is 0 Å². The Morgan fingerprint density at radius 1 is 1.24 bits per heavy atom. The Hall–Kier alpha value is -1.32. The van der Waals surface area contributed by atoms with Crippen LogP contribution in [0.15, 0.2) is 41.1 Å². The molecule has 2 N–H and O–H groups in total. The second-order valence-electron chi connectivity index (χ2n) is 4.32. The van der Waals surface area contributed by atoms with E-state index in [1.54, 1.807) is 11.3 Å². The van der Waals surface area contributed by atoms with E-state index in [1.807, 2.05) is 18.2 Å². The minimum absolute atomic E-state index is 0.884. The van der Waals surface area contributed by atoms with Crippen molar-refractivity contribution < 1.29 is 0 Å². The number of nitrogens with zero attached hydrogens (tertiary/aromatic N) is 1. The van der Waals surface area contributed by atoms with Crippen molar-refractivity contribution in [3.63, 3.8) is 0 Å². The Morgan fingerprint density at radius 3 is 2.76 bits per heavy atom. The fraction of sp³-hybridized carbons (Fsp3) is 0.286. The summed E-state index contributed by atoms with van der Waals surface area (Å²) in [5, 5.41) is 4.34. The molecule has 0 radical (unpaired) electrons. The molecule has 0 spiro atoms. The molecule has 0 aliphatic carbocycles. The Morgan fingerprint density at radius 2 is 2.06 bits per heavy atom. The molecule has 0 atom stereocenters. The smallest absolute Gasteiger partial charge is 0.0359 e. The third kappa shape index (κ3) is 3.58. The van der Waals surface area contributed by atoms with Crippen LogP contribution >= 0.6 is 11.3 Å². The van der Waals surface area contributed by atoms with Gasteiger partial charge in [-0.3, -0.25) is 0 Å². The molecule has 0 fully saturated rings. The maximum Gasteiger partial charge on any atom is 0.0359 e. The van der Waals surface area contributed by atoms with Gasteiger partial charge in [0.15, 0.2) is 0 Å². The second kappa shape index (κ2) is 5.84. The zero-order valence-electron chi connectivity index (χ0n) is 10.1. The highest BCUT2D eigenvalue weighted by Crippen LogP contribution is 2.13. The first-order valence-electron chi connectivity index (χ1n) is 5.78. The topological polar surface area (TPSA) is 29.3 Å². The van der Waals surface area contributed by atoms with Gasteiger partial charge in [0, 0.05) is 18.8 Å². The Balaban J connectivity index is 1.85. The number of rotatable bonds is 5. The molecule has 0 unspecified atom stereocenters. The summed E-state index contributed by atoms with van der Waals surface area (Å²) in [6, 6.07) is 10.3. The predicted octanol–water partition coefficient (Wildman–Crippen LogP) is 3.00. The van der Waals surface area contributed by atoms with Crippen molar-refractivity contribution in [2.45, 2.75) is 13.0 Å². The van der Waals surface area contributed by atoms with Crippen molar-refractivity contribution in [2.24, 2.45) is 0 Å². The molecule has 0 saturated heterocycles. The molecule has 3 heteroatoms. The van der Waals surface area contributed by atoms with Crippen LogP contribution in [0.25, 0.3) is 0 Å². The Kier molecular flexibility index (Phi) is 4.18. The van der Waals surface area contributed by atoms with Crippen LogP contribution in [0.5, 0.6) is 0 Å². The van der Waals surface area contributed by atoms with E-state index in [1.165, 1.54) is 11.1 Å². The first-order valence-corrected chi connectivity index (χ1v) is 6.73. The molecule has 1 aromatic heterocycles. The number of thiophene rings is 1. The zero-order chi connectivity index (χ0) is 12.1. The lowest BCUT2D eigenvalue weighted by Crippen LogP contribution is -2.21. The second-order valence-corrected chi connectivity index (χ2v) is 5.10. The van der Waals surface area contributed by atoms with Crippen LogP contribution < -0.4 is 5.73 Å². The summed E-state index contributed by atoms with van der Waals surface area (Å²) in [4.78, 5) is 2.31. The molecular formula is C14H18N2S. The number of para-hydroxylation sites is 1. The van der Waals surface area contributed by atoms with Gasteiger partial charge in [-0.15, -0.1) is 0 Å². The average Bonchev–Trinajstić information content (AvgIpc) is 2.82. The molecule has 0 amide bonds. The minimum Gasteiger partial charge on any atom is -0.398 e. The molecule has 2 nitrogen and oxygen atoms in total. The van der Waals surface area contributed by atoms with Gasteiger partial charge in [0.25, 0.3) is 0 Å². The van der Waals surface area contributed by atoms with Crippen LogP contribution in [0.2, 0.25) is 0 Å². The van der Waals surface area contributed by atoms with Crippen LogP contribution in [-0.2, 0) is 13.0 Å². The first-order chi connectivity index (χ1) is 8.25. The summed E-state index contributed by atoms with van der Waals surface area (Å²) in [5.74, 6) is 0. The monoisotopic (exact) mass is 246 g/mol. The SMILES string of the molecule is CN(CCc1ccsc1)Cc1ccccc1N. The fourth-order valence-electron chi connectivity index (χ4n) is 1.80. The van der Waals surface area contributed by atoms with E-state index in [0.717, 1.165) is 25.2 Å². The summed E-state index contributed by atoms with van der Waals surface area (Å²) < 4.78 is 0. The van der Waals surface area contributed by atoms with Crippen LogP contribution in [0.3, 0.4) is 0 Å². The van der Waals surface area contributed by atoms with Gasteiger partial charge >= 0.3 is 0 Å². The van der Waals surface area contributed by atoms with Gasteiger partial charge in [-0.1, -0.05) is 18.2 Å². The molecule has 1 aromatic carbocycles. The lowest BCUT2D eigenvalue weighted by atomic mass is 10.1. The van der Waals surface area contributed by atoms with Gasteiger partial charge in [0.2, 0.25) is 0 Å². The van der Waals surface area contributed by atoms with E-state index < -0.39 is 0 Å². The van der Waals surface area contributed by atoms with Gasteiger partial charge in [-0.25, -0.2) is 0 Å². The third-order valence-corrected chi connectivity index (χ3v) is 3.59. The molecule has 17 heavy (non-hydrogen) atoms. The molecule has 0 saturated carbocycles. The Bertz CT molecular complexity index is 451. The molecular weight excluding hydrogens is 228 g/mol. The summed E-state index contributed by atoms with van der Waals surface area (Å²) >= 11 is 1.76. The van der Waals surface area contributed by atoms with Crippen LogP contribution in [-0.4, -0.2) is 18.5 Å². The largest absolute Gasteiger partial charge is 0.398 e. The predicted molar refractivity (Wildman–Crippen MR) is 75.2 cm³/mol. The summed E-state index contributed by atoms with van der Waals surface area (Å²) in [6.45, 7) is 1.97. The van der Waals surface area contributed by atoms with Gasteiger partial charge < -0.3 is 10.6 Å². The molecule has 2 aromatic rings. The third-order valence-electron chi connectivity index (χ3n) is 2.86. The highest BCUT2D eigenvalue weighted by Gasteiger charge is 2.03. The summed E-state index contributed by atoms with van der Waals surface area (Å²) in [5.41, 5.74) is 9.45. The van der Waals surface area contributed by atoms with E-state index >= 15 is 0 Å². The molecule has 0 aliphatic heterocycles. The molecule has 2 rings (SSSR count). The molecule has 0 aliphatic rings. The van der Waals surface area contributed by atoms with E-state index in [4.69, 9.17) is 5.73 Å². The van der Waals surface area contributed by atoms with Crippen molar-refractivity contribution in [3.05, 3.63) is 52.2 Å². The lowest BCUT2D eigenvalue weighted by Gasteiger charge is -2.17. The highest BCUT2D eigenvalue weighted by molar-refractivity contribution is 7.07. The highest BCUT2D eigenvalue weighted by atomic mass is 32.1. The maximum atomic E-state index is 5.93. The van der Waals surface area contributed by atoms with Crippen molar-refractivity contribution in [1.82, 2.24) is 4.90 Å². The average molecular weight is 246 g/mol. The molecule has 90 valence electrons. The number of hydrogen-bond acceptors (Lipinski definition) is 3. The summed E-state index contributed by atoms with van der Waals surface area (Å²) in [6.07, 6.45) is 1.10. The van der Waals surface area contributed by atoms with Gasteiger partial charge in [0.1, 0.15) is 0 Å². The maximum absolute atomic E-state index is 5.93. The summed E-state index contributed by atoms with van der Waals surface area (Å²) in [7, 11) is 2.14. The quantitative estimate of drug-likeness (QED) is 0.822. The van der Waals surface area contributed by atoms with Gasteiger partial charge in [0.05, 0.1) is 0 Å². The van der Waals surface area contributed by atoms with E-state index in [-0.39, 0.29) is 0 Å². The normalized spacial score (nSPS) is 10.9. The Labute approximate surface area is 107 Å². The van der Waals surface area contributed by atoms with Crippen molar-refractivity contribution >= 4 is 17.0 Å². The number of nitrogens with two attached hydrogens (primary N) is 1. The van der Waals surface area contributed by atoms with Crippen molar-refractivity contribution in [1.29, 1.82) is 0 Å². The minimum atomic E-state index is 0.884. The number of likely N-dealkylation sites (N-methyl/N-ethyl adjacent to an activating group) is 1. The standard InChI is InChI=1S/C14H18N2S/c1-16(8-6-12-7-9-17-11-12)10-13-4-2-3-5-14(13)15/h2-5,7,9,11H,6,8,10,15H2,1H3.